The maximum atomic E-state index is 11.5. The first kappa shape index (κ1) is 12.0. The lowest BCUT2D eigenvalue weighted by Crippen LogP contribution is -2.52. The Bertz CT molecular complexity index is 383. The maximum Gasteiger partial charge on any atom is 0.325 e. The smallest absolute Gasteiger partial charge is 0.325 e. The summed E-state index contributed by atoms with van der Waals surface area (Å²) in [5, 5.41) is 12.7. The van der Waals surface area contributed by atoms with Crippen molar-refractivity contribution in [3.8, 4) is 0 Å². The minimum Gasteiger partial charge on any atom is -0.480 e. The molecule has 1 fully saturated rings. The van der Waals surface area contributed by atoms with E-state index < -0.39 is 12.0 Å². The maximum absolute atomic E-state index is 11.5. The van der Waals surface area contributed by atoms with Crippen molar-refractivity contribution in [3.63, 3.8) is 0 Å². The molecule has 0 amide bonds. The number of pyridine rings is 1. The topological polar surface area (TPSA) is 65.5 Å². The molecule has 1 aliphatic rings. The van der Waals surface area contributed by atoms with Crippen LogP contribution in [0, 0.1) is 0 Å². The number of aliphatic carboxylic acids is 1. The SMILES string of the molecule is CC1CNCCN1C(C(=O)O)c1cccnc1. The molecule has 1 aliphatic heterocycles. The molecular weight excluding hydrogens is 218 g/mol. The van der Waals surface area contributed by atoms with Crippen LogP contribution in [-0.4, -0.2) is 46.6 Å². The number of carbonyl (C=O) groups is 1. The molecule has 0 radical (unpaired) electrons. The fourth-order valence-corrected chi connectivity index (χ4v) is 2.25. The molecule has 0 aliphatic carbocycles. The van der Waals surface area contributed by atoms with Gasteiger partial charge in [-0.2, -0.15) is 0 Å². The van der Waals surface area contributed by atoms with E-state index in [1.807, 2.05) is 17.9 Å². The van der Waals surface area contributed by atoms with Gasteiger partial charge in [0.2, 0.25) is 0 Å². The van der Waals surface area contributed by atoms with Crippen molar-refractivity contribution in [2.75, 3.05) is 19.6 Å². The molecule has 0 saturated carbocycles. The highest BCUT2D eigenvalue weighted by Crippen LogP contribution is 2.23. The van der Waals surface area contributed by atoms with Gasteiger partial charge in [-0.1, -0.05) is 6.07 Å². The normalized spacial score (nSPS) is 23.2. The van der Waals surface area contributed by atoms with E-state index in [4.69, 9.17) is 0 Å². The number of aromatic nitrogens is 1. The van der Waals surface area contributed by atoms with Crippen molar-refractivity contribution in [1.29, 1.82) is 0 Å². The average molecular weight is 235 g/mol. The molecular formula is C12H17N3O2. The fourth-order valence-electron chi connectivity index (χ4n) is 2.25. The van der Waals surface area contributed by atoms with Gasteiger partial charge in [-0.3, -0.25) is 14.7 Å². The Morgan fingerprint density at radius 2 is 2.53 bits per heavy atom. The first-order valence-electron chi connectivity index (χ1n) is 5.79. The van der Waals surface area contributed by atoms with E-state index in [0.717, 1.165) is 25.2 Å². The summed E-state index contributed by atoms with van der Waals surface area (Å²) in [5.74, 6) is -0.813. The summed E-state index contributed by atoms with van der Waals surface area (Å²) in [7, 11) is 0. The third kappa shape index (κ3) is 2.62. The first-order valence-corrected chi connectivity index (χ1v) is 5.79. The Morgan fingerprint density at radius 3 is 3.12 bits per heavy atom. The molecule has 0 spiro atoms. The van der Waals surface area contributed by atoms with Crippen LogP contribution in [0.5, 0.6) is 0 Å². The predicted molar refractivity (Wildman–Crippen MR) is 63.7 cm³/mol. The summed E-state index contributed by atoms with van der Waals surface area (Å²) in [5.41, 5.74) is 0.744. The Balaban J connectivity index is 2.26. The molecule has 5 nitrogen and oxygen atoms in total. The summed E-state index contributed by atoms with van der Waals surface area (Å²) in [4.78, 5) is 17.5. The molecule has 92 valence electrons. The van der Waals surface area contributed by atoms with Crippen LogP contribution in [0.2, 0.25) is 0 Å². The minimum atomic E-state index is -0.813. The molecule has 2 rings (SSSR count). The summed E-state index contributed by atoms with van der Waals surface area (Å²) < 4.78 is 0. The van der Waals surface area contributed by atoms with Crippen molar-refractivity contribution in [2.24, 2.45) is 0 Å². The summed E-state index contributed by atoms with van der Waals surface area (Å²) in [6.07, 6.45) is 3.29. The molecule has 17 heavy (non-hydrogen) atoms. The van der Waals surface area contributed by atoms with Gasteiger partial charge in [-0.15, -0.1) is 0 Å². The number of carboxylic acid groups (broad SMARTS) is 1. The number of piperazine rings is 1. The van der Waals surface area contributed by atoms with Crippen molar-refractivity contribution in [2.45, 2.75) is 19.0 Å². The Hall–Kier alpha value is -1.46. The van der Waals surface area contributed by atoms with E-state index in [2.05, 4.69) is 10.3 Å². The van der Waals surface area contributed by atoms with E-state index in [1.165, 1.54) is 0 Å². The van der Waals surface area contributed by atoms with Gasteiger partial charge < -0.3 is 10.4 Å². The van der Waals surface area contributed by atoms with E-state index in [9.17, 15) is 9.90 Å². The molecule has 5 heteroatoms. The first-order chi connectivity index (χ1) is 8.20. The van der Waals surface area contributed by atoms with E-state index in [-0.39, 0.29) is 6.04 Å². The Labute approximate surface area is 100 Å². The zero-order valence-electron chi connectivity index (χ0n) is 9.84. The molecule has 1 saturated heterocycles. The molecule has 0 bridgehead atoms. The molecule has 2 N–H and O–H groups in total. The summed E-state index contributed by atoms with van der Waals surface area (Å²) in [6, 6.07) is 3.21. The van der Waals surface area contributed by atoms with Crippen molar-refractivity contribution >= 4 is 5.97 Å². The molecule has 2 unspecified atom stereocenters. The lowest BCUT2D eigenvalue weighted by molar-refractivity contribution is -0.145. The van der Waals surface area contributed by atoms with Gasteiger partial charge in [0.15, 0.2) is 0 Å². The number of nitrogens with zero attached hydrogens (tertiary/aromatic N) is 2. The molecule has 1 aromatic rings. The van der Waals surface area contributed by atoms with Crippen LogP contribution in [0.25, 0.3) is 0 Å². The third-order valence-corrected chi connectivity index (χ3v) is 3.12. The number of carboxylic acids is 1. The highest BCUT2D eigenvalue weighted by molar-refractivity contribution is 5.75. The highest BCUT2D eigenvalue weighted by Gasteiger charge is 2.32. The number of rotatable bonds is 3. The summed E-state index contributed by atoms with van der Waals surface area (Å²) in [6.45, 7) is 4.43. The van der Waals surface area contributed by atoms with Gasteiger partial charge in [-0.05, 0) is 18.6 Å². The monoisotopic (exact) mass is 235 g/mol. The number of hydrogen-bond acceptors (Lipinski definition) is 4. The predicted octanol–water partition coefficient (Wildman–Crippen LogP) is 0.501. The number of hydrogen-bond donors (Lipinski definition) is 2. The van der Waals surface area contributed by atoms with Crippen molar-refractivity contribution in [1.82, 2.24) is 15.2 Å². The van der Waals surface area contributed by atoms with Crippen molar-refractivity contribution in [3.05, 3.63) is 30.1 Å². The highest BCUT2D eigenvalue weighted by atomic mass is 16.4. The second kappa shape index (κ2) is 5.25. The van der Waals surface area contributed by atoms with Crippen LogP contribution in [0.4, 0.5) is 0 Å². The van der Waals surface area contributed by atoms with Crippen LogP contribution >= 0.6 is 0 Å². The standard InChI is InChI=1S/C12H17N3O2/c1-9-7-14-5-6-15(9)11(12(16)17)10-3-2-4-13-8-10/h2-4,8-9,11,14H,5-7H2,1H3,(H,16,17). The quantitative estimate of drug-likeness (QED) is 0.798. The van der Waals surface area contributed by atoms with Crippen LogP contribution in [0.1, 0.15) is 18.5 Å². The summed E-state index contributed by atoms with van der Waals surface area (Å²) >= 11 is 0. The van der Waals surface area contributed by atoms with Crippen molar-refractivity contribution < 1.29 is 9.90 Å². The molecule has 0 aromatic carbocycles. The van der Waals surface area contributed by atoms with Gasteiger partial charge >= 0.3 is 5.97 Å². The fraction of sp³-hybridized carbons (Fsp3) is 0.500. The lowest BCUT2D eigenvalue weighted by atomic mass is 10.0. The lowest BCUT2D eigenvalue weighted by Gasteiger charge is -2.37. The number of nitrogens with one attached hydrogen (secondary N) is 1. The minimum absolute atomic E-state index is 0.213. The van der Waals surface area contributed by atoms with Gasteiger partial charge in [0.25, 0.3) is 0 Å². The van der Waals surface area contributed by atoms with Gasteiger partial charge in [0, 0.05) is 38.1 Å². The molecule has 2 atom stereocenters. The zero-order valence-corrected chi connectivity index (χ0v) is 9.84. The average Bonchev–Trinajstić information content (AvgIpc) is 2.33. The van der Waals surface area contributed by atoms with E-state index in [0.29, 0.717) is 0 Å². The van der Waals surface area contributed by atoms with Gasteiger partial charge in [-0.25, -0.2) is 0 Å². The van der Waals surface area contributed by atoms with Gasteiger partial charge in [0.1, 0.15) is 6.04 Å². The van der Waals surface area contributed by atoms with Crippen LogP contribution in [0.3, 0.4) is 0 Å². The zero-order chi connectivity index (χ0) is 12.3. The van der Waals surface area contributed by atoms with Crippen LogP contribution in [0.15, 0.2) is 24.5 Å². The second-order valence-electron chi connectivity index (χ2n) is 4.32. The van der Waals surface area contributed by atoms with E-state index >= 15 is 0 Å². The van der Waals surface area contributed by atoms with Crippen LogP contribution in [-0.2, 0) is 4.79 Å². The van der Waals surface area contributed by atoms with Gasteiger partial charge in [0.05, 0.1) is 0 Å². The second-order valence-corrected chi connectivity index (χ2v) is 4.32. The third-order valence-electron chi connectivity index (χ3n) is 3.12. The van der Waals surface area contributed by atoms with E-state index in [1.54, 1.807) is 18.5 Å². The molecule has 2 heterocycles. The molecule has 1 aromatic heterocycles. The Kier molecular flexibility index (Phi) is 3.71. The van der Waals surface area contributed by atoms with Crippen LogP contribution < -0.4 is 5.32 Å². The largest absolute Gasteiger partial charge is 0.480 e. The Morgan fingerprint density at radius 1 is 1.71 bits per heavy atom.